The molecule has 5 heteroatoms. The van der Waals surface area contributed by atoms with Gasteiger partial charge in [-0.15, -0.1) is 0 Å². The van der Waals surface area contributed by atoms with Crippen molar-refractivity contribution in [2.75, 3.05) is 16.8 Å². The molecule has 1 atom stereocenters. The van der Waals surface area contributed by atoms with E-state index in [1.54, 1.807) is 17.0 Å². The van der Waals surface area contributed by atoms with Crippen molar-refractivity contribution in [2.45, 2.75) is 20.3 Å². The van der Waals surface area contributed by atoms with Crippen LogP contribution in [0.25, 0.3) is 0 Å². The van der Waals surface area contributed by atoms with Crippen molar-refractivity contribution in [2.24, 2.45) is 5.92 Å². The fourth-order valence-electron chi connectivity index (χ4n) is 3.58. The van der Waals surface area contributed by atoms with E-state index < -0.39 is 0 Å². The summed E-state index contributed by atoms with van der Waals surface area (Å²) in [5, 5.41) is 2.92. The number of amides is 2. The van der Waals surface area contributed by atoms with Crippen LogP contribution < -0.4 is 15.0 Å². The van der Waals surface area contributed by atoms with Crippen molar-refractivity contribution in [1.82, 2.24) is 0 Å². The quantitative estimate of drug-likeness (QED) is 0.649. The van der Waals surface area contributed by atoms with Gasteiger partial charge in [-0.1, -0.05) is 30.3 Å². The van der Waals surface area contributed by atoms with Crippen molar-refractivity contribution in [1.29, 1.82) is 0 Å². The highest BCUT2D eigenvalue weighted by atomic mass is 16.5. The van der Waals surface area contributed by atoms with Crippen molar-refractivity contribution in [3.63, 3.8) is 0 Å². The zero-order valence-electron chi connectivity index (χ0n) is 17.1. The smallest absolute Gasteiger partial charge is 0.229 e. The molecule has 1 aliphatic rings. The zero-order chi connectivity index (χ0) is 21.1. The van der Waals surface area contributed by atoms with Crippen LogP contribution in [0, 0.1) is 19.8 Å². The minimum Gasteiger partial charge on any atom is -0.457 e. The number of carbonyl (C=O) groups is 2. The number of para-hydroxylation sites is 1. The van der Waals surface area contributed by atoms with Gasteiger partial charge in [0.1, 0.15) is 11.5 Å². The molecule has 152 valence electrons. The molecule has 0 unspecified atom stereocenters. The summed E-state index contributed by atoms with van der Waals surface area (Å²) >= 11 is 0. The number of anilines is 2. The molecule has 3 aromatic carbocycles. The Balaban J connectivity index is 1.38. The summed E-state index contributed by atoms with van der Waals surface area (Å²) in [6.07, 6.45) is 0.217. The third kappa shape index (κ3) is 4.35. The van der Waals surface area contributed by atoms with E-state index in [2.05, 4.69) is 5.32 Å². The Labute approximate surface area is 176 Å². The maximum absolute atomic E-state index is 12.7. The lowest BCUT2D eigenvalue weighted by Crippen LogP contribution is -2.28. The lowest BCUT2D eigenvalue weighted by Gasteiger charge is -2.17. The number of nitrogens with zero attached hydrogens (tertiary/aromatic N) is 1. The van der Waals surface area contributed by atoms with Crippen LogP contribution in [0.1, 0.15) is 17.5 Å². The number of carbonyl (C=O) groups excluding carboxylic acids is 2. The van der Waals surface area contributed by atoms with Crippen LogP contribution >= 0.6 is 0 Å². The number of ether oxygens (including phenoxy) is 1. The molecule has 0 spiro atoms. The largest absolute Gasteiger partial charge is 0.457 e. The van der Waals surface area contributed by atoms with Gasteiger partial charge in [-0.3, -0.25) is 9.59 Å². The first-order chi connectivity index (χ1) is 14.5. The van der Waals surface area contributed by atoms with Crippen molar-refractivity contribution >= 4 is 23.2 Å². The highest BCUT2D eigenvalue weighted by molar-refractivity contribution is 6.03. The Morgan fingerprint density at radius 2 is 1.77 bits per heavy atom. The summed E-state index contributed by atoms with van der Waals surface area (Å²) in [5.41, 5.74) is 3.66. The third-order valence-corrected chi connectivity index (χ3v) is 5.25. The van der Waals surface area contributed by atoms with E-state index in [0.717, 1.165) is 22.6 Å². The Morgan fingerprint density at radius 3 is 2.50 bits per heavy atom. The van der Waals surface area contributed by atoms with E-state index in [0.29, 0.717) is 18.0 Å². The number of aryl methyl sites for hydroxylation is 2. The van der Waals surface area contributed by atoms with Gasteiger partial charge in [0, 0.05) is 24.3 Å². The summed E-state index contributed by atoms with van der Waals surface area (Å²) in [6, 6.07) is 22.8. The normalized spacial score (nSPS) is 15.9. The van der Waals surface area contributed by atoms with Crippen LogP contribution in [-0.4, -0.2) is 18.4 Å². The Kier molecular flexibility index (Phi) is 5.53. The molecular formula is C25H24N2O3. The van der Waals surface area contributed by atoms with Gasteiger partial charge in [-0.2, -0.15) is 0 Å². The van der Waals surface area contributed by atoms with E-state index in [-0.39, 0.29) is 24.2 Å². The Bertz CT molecular complexity index is 1080. The van der Waals surface area contributed by atoms with Crippen molar-refractivity contribution in [3.05, 3.63) is 83.9 Å². The van der Waals surface area contributed by atoms with Crippen LogP contribution in [0.3, 0.4) is 0 Å². The molecule has 5 nitrogen and oxygen atoms in total. The Hall–Kier alpha value is -3.60. The highest BCUT2D eigenvalue weighted by Crippen LogP contribution is 2.28. The number of hydrogen-bond donors (Lipinski definition) is 1. The molecule has 1 aliphatic heterocycles. The Morgan fingerprint density at radius 1 is 1.00 bits per heavy atom. The summed E-state index contributed by atoms with van der Waals surface area (Å²) < 4.78 is 5.89. The molecule has 1 fully saturated rings. The van der Waals surface area contributed by atoms with Crippen LogP contribution in [0.15, 0.2) is 72.8 Å². The zero-order valence-corrected chi connectivity index (χ0v) is 17.1. The van der Waals surface area contributed by atoms with E-state index >= 15 is 0 Å². The fourth-order valence-corrected chi connectivity index (χ4v) is 3.58. The minimum atomic E-state index is -0.374. The van der Waals surface area contributed by atoms with Crippen molar-refractivity contribution in [3.8, 4) is 11.5 Å². The molecular weight excluding hydrogens is 376 g/mol. The molecule has 3 aromatic rings. The van der Waals surface area contributed by atoms with Crippen LogP contribution in [-0.2, 0) is 9.59 Å². The maximum Gasteiger partial charge on any atom is 0.229 e. The molecule has 1 saturated heterocycles. The van der Waals surface area contributed by atoms with Crippen LogP contribution in [0.4, 0.5) is 11.4 Å². The average Bonchev–Trinajstić information content (AvgIpc) is 3.13. The second-order valence-electron chi connectivity index (χ2n) is 7.63. The van der Waals surface area contributed by atoms with Gasteiger partial charge < -0.3 is 15.0 Å². The first-order valence-electron chi connectivity index (χ1n) is 10.0. The van der Waals surface area contributed by atoms with Crippen LogP contribution in [0.5, 0.6) is 11.5 Å². The van der Waals surface area contributed by atoms with E-state index in [1.807, 2.05) is 74.5 Å². The molecule has 0 aliphatic carbocycles. The third-order valence-electron chi connectivity index (χ3n) is 5.25. The van der Waals surface area contributed by atoms with E-state index in [4.69, 9.17) is 4.74 Å². The molecule has 0 saturated carbocycles. The number of hydrogen-bond acceptors (Lipinski definition) is 3. The molecule has 0 bridgehead atoms. The van der Waals surface area contributed by atoms with Gasteiger partial charge in [-0.05, 0) is 67.4 Å². The molecule has 1 heterocycles. The van der Waals surface area contributed by atoms with Gasteiger partial charge in [0.15, 0.2) is 0 Å². The maximum atomic E-state index is 12.7. The number of rotatable bonds is 5. The monoisotopic (exact) mass is 400 g/mol. The second kappa shape index (κ2) is 8.41. The number of benzene rings is 3. The summed E-state index contributed by atoms with van der Waals surface area (Å²) in [6.45, 7) is 4.37. The molecule has 2 amide bonds. The highest BCUT2D eigenvalue weighted by Gasteiger charge is 2.35. The predicted molar refractivity (Wildman–Crippen MR) is 118 cm³/mol. The first-order valence-corrected chi connectivity index (χ1v) is 10.0. The topological polar surface area (TPSA) is 58.6 Å². The van der Waals surface area contributed by atoms with Gasteiger partial charge in [0.25, 0.3) is 0 Å². The minimum absolute atomic E-state index is 0.0253. The lowest BCUT2D eigenvalue weighted by molar-refractivity contribution is -0.122. The van der Waals surface area contributed by atoms with Gasteiger partial charge in [0.2, 0.25) is 11.8 Å². The van der Waals surface area contributed by atoms with Gasteiger partial charge in [0.05, 0.1) is 5.92 Å². The van der Waals surface area contributed by atoms with E-state index in [9.17, 15) is 9.59 Å². The first kappa shape index (κ1) is 19.7. The van der Waals surface area contributed by atoms with Crippen molar-refractivity contribution < 1.29 is 14.3 Å². The van der Waals surface area contributed by atoms with Gasteiger partial charge in [-0.25, -0.2) is 0 Å². The molecule has 0 radical (unpaired) electrons. The fraction of sp³-hybridized carbons (Fsp3) is 0.200. The second-order valence-corrected chi connectivity index (χ2v) is 7.63. The average molecular weight is 400 g/mol. The standard InChI is InChI=1S/C25H24N2O3/c1-17-6-5-8-21(14-17)27-16-19(15-24(27)28)25(29)26-20-10-12-22(13-11-20)30-23-9-4-3-7-18(23)2/h3-14,19H,15-16H2,1-2H3,(H,26,29)/t19-/m1/s1. The molecule has 4 rings (SSSR count). The predicted octanol–water partition coefficient (Wildman–Crippen LogP) is 5.09. The molecule has 0 aromatic heterocycles. The summed E-state index contributed by atoms with van der Waals surface area (Å²) in [5.74, 6) is 0.952. The van der Waals surface area contributed by atoms with Gasteiger partial charge >= 0.3 is 0 Å². The molecule has 30 heavy (non-hydrogen) atoms. The SMILES string of the molecule is Cc1cccc(N2C[C@H](C(=O)Nc3ccc(Oc4ccccc4C)cc3)CC2=O)c1. The summed E-state index contributed by atoms with van der Waals surface area (Å²) in [4.78, 5) is 26.8. The lowest BCUT2D eigenvalue weighted by atomic mass is 10.1. The number of nitrogens with one attached hydrogen (secondary N) is 1. The molecule has 1 N–H and O–H groups in total. The van der Waals surface area contributed by atoms with E-state index in [1.165, 1.54) is 0 Å². The van der Waals surface area contributed by atoms with Crippen LogP contribution in [0.2, 0.25) is 0 Å². The summed E-state index contributed by atoms with van der Waals surface area (Å²) in [7, 11) is 0.